The van der Waals surface area contributed by atoms with Gasteiger partial charge in [0.1, 0.15) is 11.6 Å². The summed E-state index contributed by atoms with van der Waals surface area (Å²) in [6.45, 7) is 5.04. The zero-order valence-electron chi connectivity index (χ0n) is 15.7. The highest BCUT2D eigenvalue weighted by Gasteiger charge is 2.14. The van der Waals surface area contributed by atoms with Crippen molar-refractivity contribution in [1.29, 1.82) is 0 Å². The summed E-state index contributed by atoms with van der Waals surface area (Å²) in [5, 5.41) is 15.4. The van der Waals surface area contributed by atoms with Gasteiger partial charge in [-0.1, -0.05) is 24.6 Å². The van der Waals surface area contributed by atoms with Gasteiger partial charge >= 0.3 is 0 Å². The first-order valence-electron chi connectivity index (χ1n) is 9.37. The molecule has 7 heteroatoms. The number of para-hydroxylation sites is 1. The number of aliphatic imine (C=N–C) groups is 1. The monoisotopic (exact) mass is 356 g/mol. The maximum atomic E-state index is 5.40. The Bertz CT molecular complexity index is 739. The molecule has 0 radical (unpaired) electrons. The number of fused-ring (bicyclic) bond motifs is 1. The summed E-state index contributed by atoms with van der Waals surface area (Å²) in [6.07, 6.45) is 4.68. The normalized spacial score (nSPS) is 14.5. The highest BCUT2D eigenvalue weighted by molar-refractivity contribution is 5.79. The van der Waals surface area contributed by atoms with E-state index in [1.807, 2.05) is 24.3 Å². The summed E-state index contributed by atoms with van der Waals surface area (Å²) in [6, 6.07) is 7.95. The third-order valence-electron chi connectivity index (χ3n) is 4.54. The van der Waals surface area contributed by atoms with Crippen LogP contribution < -0.4 is 15.4 Å². The summed E-state index contributed by atoms with van der Waals surface area (Å²) < 4.78 is 7.65. The minimum absolute atomic E-state index is 0.553. The lowest BCUT2D eigenvalue weighted by Crippen LogP contribution is -2.37. The first kappa shape index (κ1) is 18.2. The van der Waals surface area contributed by atoms with Gasteiger partial charge in [-0.3, -0.25) is 0 Å². The molecule has 26 heavy (non-hydrogen) atoms. The molecule has 0 fully saturated rings. The molecule has 1 aromatic heterocycles. The number of nitrogens with one attached hydrogen (secondary N) is 2. The van der Waals surface area contributed by atoms with Gasteiger partial charge < -0.3 is 19.9 Å². The number of hydrogen-bond acceptors (Lipinski definition) is 4. The predicted molar refractivity (Wildman–Crippen MR) is 102 cm³/mol. The highest BCUT2D eigenvalue weighted by Crippen LogP contribution is 2.18. The molecule has 2 heterocycles. The summed E-state index contributed by atoms with van der Waals surface area (Å²) >= 11 is 0. The maximum absolute atomic E-state index is 5.40. The summed E-state index contributed by atoms with van der Waals surface area (Å²) in [5.41, 5.74) is 1.06. The molecule has 1 aliphatic heterocycles. The Labute approximate surface area is 154 Å². The van der Waals surface area contributed by atoms with Gasteiger partial charge in [0.15, 0.2) is 11.8 Å². The number of rotatable bonds is 6. The van der Waals surface area contributed by atoms with Crippen LogP contribution in [0.3, 0.4) is 0 Å². The van der Waals surface area contributed by atoms with Gasteiger partial charge in [-0.2, -0.15) is 0 Å². The predicted octanol–water partition coefficient (Wildman–Crippen LogP) is 2.27. The topological polar surface area (TPSA) is 76.4 Å². The fraction of sp³-hybridized carbons (Fsp3) is 0.526. The van der Waals surface area contributed by atoms with Gasteiger partial charge in [0.2, 0.25) is 0 Å². The third-order valence-corrected chi connectivity index (χ3v) is 4.54. The van der Waals surface area contributed by atoms with Gasteiger partial charge in [0.05, 0.1) is 20.2 Å². The molecule has 2 N–H and O–H groups in total. The number of aryl methyl sites for hydroxylation is 1. The van der Waals surface area contributed by atoms with Gasteiger partial charge in [0, 0.05) is 25.1 Å². The van der Waals surface area contributed by atoms with E-state index in [1.165, 1.54) is 19.3 Å². The smallest absolute Gasteiger partial charge is 0.191 e. The molecule has 0 saturated carbocycles. The molecule has 0 amide bonds. The van der Waals surface area contributed by atoms with E-state index in [0.29, 0.717) is 13.1 Å². The van der Waals surface area contributed by atoms with Crippen molar-refractivity contribution in [3.8, 4) is 5.75 Å². The van der Waals surface area contributed by atoms with E-state index < -0.39 is 0 Å². The van der Waals surface area contributed by atoms with Crippen LogP contribution in [0.25, 0.3) is 0 Å². The number of benzene rings is 1. The van der Waals surface area contributed by atoms with Crippen LogP contribution in [0.2, 0.25) is 0 Å². The van der Waals surface area contributed by atoms with E-state index in [0.717, 1.165) is 48.4 Å². The molecule has 0 atom stereocenters. The molecular formula is C19H28N6O. The molecule has 0 aliphatic carbocycles. The standard InChI is InChI=1S/C19H28N6O/c1-3-20-19(21-13-15-9-6-7-10-16(15)26-2)22-14-18-24-23-17-11-5-4-8-12-25(17)18/h6-7,9-10H,3-5,8,11-14H2,1-2H3,(H2,20,21,22). The van der Waals surface area contributed by atoms with Gasteiger partial charge in [-0.25, -0.2) is 4.99 Å². The Hall–Kier alpha value is -2.57. The fourth-order valence-corrected chi connectivity index (χ4v) is 3.18. The van der Waals surface area contributed by atoms with Crippen molar-refractivity contribution >= 4 is 5.96 Å². The van der Waals surface area contributed by atoms with Crippen molar-refractivity contribution in [2.75, 3.05) is 13.7 Å². The third kappa shape index (κ3) is 4.53. The van der Waals surface area contributed by atoms with E-state index in [4.69, 9.17) is 4.74 Å². The lowest BCUT2D eigenvalue weighted by atomic mass is 10.2. The van der Waals surface area contributed by atoms with Gasteiger partial charge in [-0.15, -0.1) is 10.2 Å². The largest absolute Gasteiger partial charge is 0.496 e. The molecule has 0 unspecified atom stereocenters. The lowest BCUT2D eigenvalue weighted by molar-refractivity contribution is 0.410. The van der Waals surface area contributed by atoms with Crippen LogP contribution in [0.1, 0.15) is 43.4 Å². The van der Waals surface area contributed by atoms with Crippen LogP contribution in [0.15, 0.2) is 29.3 Å². The Balaban J connectivity index is 1.66. The molecule has 7 nitrogen and oxygen atoms in total. The molecular weight excluding hydrogens is 328 g/mol. The number of aromatic nitrogens is 3. The second-order valence-corrected chi connectivity index (χ2v) is 6.36. The van der Waals surface area contributed by atoms with E-state index in [1.54, 1.807) is 7.11 Å². The lowest BCUT2D eigenvalue weighted by Gasteiger charge is -2.13. The van der Waals surface area contributed by atoms with Crippen LogP contribution in [0, 0.1) is 0 Å². The fourth-order valence-electron chi connectivity index (χ4n) is 3.18. The van der Waals surface area contributed by atoms with Crippen LogP contribution in [0.5, 0.6) is 5.75 Å². The Kier molecular flexibility index (Phi) is 6.46. The van der Waals surface area contributed by atoms with Gasteiger partial charge in [-0.05, 0) is 25.8 Å². The zero-order valence-corrected chi connectivity index (χ0v) is 15.7. The molecule has 3 rings (SSSR count). The number of guanidine groups is 1. The van der Waals surface area contributed by atoms with E-state index in [-0.39, 0.29) is 0 Å². The Morgan fingerprint density at radius 3 is 2.92 bits per heavy atom. The second kappa shape index (κ2) is 9.22. The average Bonchev–Trinajstić information content (AvgIpc) is 2.90. The molecule has 2 aromatic rings. The minimum Gasteiger partial charge on any atom is -0.496 e. The molecule has 0 spiro atoms. The first-order chi connectivity index (χ1) is 12.8. The van der Waals surface area contributed by atoms with E-state index in [9.17, 15) is 0 Å². The Morgan fingerprint density at radius 1 is 1.19 bits per heavy atom. The molecule has 1 aliphatic rings. The quantitative estimate of drug-likeness (QED) is 0.613. The minimum atomic E-state index is 0.553. The van der Waals surface area contributed by atoms with E-state index >= 15 is 0 Å². The van der Waals surface area contributed by atoms with Crippen molar-refractivity contribution in [3.63, 3.8) is 0 Å². The number of ether oxygens (including phenoxy) is 1. The summed E-state index contributed by atoms with van der Waals surface area (Å²) in [7, 11) is 1.68. The van der Waals surface area contributed by atoms with Crippen molar-refractivity contribution in [2.45, 2.75) is 52.2 Å². The first-order valence-corrected chi connectivity index (χ1v) is 9.37. The average molecular weight is 356 g/mol. The van der Waals surface area contributed by atoms with Crippen LogP contribution in [-0.4, -0.2) is 34.4 Å². The molecule has 140 valence electrons. The van der Waals surface area contributed by atoms with Crippen molar-refractivity contribution < 1.29 is 4.74 Å². The second-order valence-electron chi connectivity index (χ2n) is 6.36. The van der Waals surface area contributed by atoms with Crippen molar-refractivity contribution in [2.24, 2.45) is 4.99 Å². The SMILES string of the molecule is CCNC(=NCc1ccccc1OC)NCc1nnc2n1CCCCC2. The van der Waals surface area contributed by atoms with Crippen LogP contribution >= 0.6 is 0 Å². The summed E-state index contributed by atoms with van der Waals surface area (Å²) in [4.78, 5) is 4.68. The Morgan fingerprint density at radius 2 is 2.08 bits per heavy atom. The van der Waals surface area contributed by atoms with Crippen molar-refractivity contribution in [1.82, 2.24) is 25.4 Å². The zero-order chi connectivity index (χ0) is 18.2. The van der Waals surface area contributed by atoms with E-state index in [2.05, 4.69) is 37.3 Å². The molecule has 0 bridgehead atoms. The summed E-state index contributed by atoms with van der Waals surface area (Å²) in [5.74, 6) is 3.71. The van der Waals surface area contributed by atoms with Crippen LogP contribution in [-0.2, 0) is 26.1 Å². The number of hydrogen-bond donors (Lipinski definition) is 2. The molecule has 0 saturated heterocycles. The maximum Gasteiger partial charge on any atom is 0.191 e. The van der Waals surface area contributed by atoms with Gasteiger partial charge in [0.25, 0.3) is 0 Å². The number of methoxy groups -OCH3 is 1. The van der Waals surface area contributed by atoms with Crippen LogP contribution in [0.4, 0.5) is 0 Å². The highest BCUT2D eigenvalue weighted by atomic mass is 16.5. The molecule has 1 aromatic carbocycles. The van der Waals surface area contributed by atoms with Crippen molar-refractivity contribution in [3.05, 3.63) is 41.5 Å². The number of nitrogens with zero attached hydrogens (tertiary/aromatic N) is 4.